The maximum absolute atomic E-state index is 6.59. The highest BCUT2D eigenvalue weighted by molar-refractivity contribution is 8.02. The Morgan fingerprint density at radius 1 is 1.14 bits per heavy atom. The lowest BCUT2D eigenvalue weighted by Gasteiger charge is -2.33. The van der Waals surface area contributed by atoms with Gasteiger partial charge in [0.2, 0.25) is 0 Å². The molecule has 28 heavy (non-hydrogen) atoms. The number of fused-ring (bicyclic) bond motifs is 4. The Morgan fingerprint density at radius 3 is 2.89 bits per heavy atom. The molecule has 2 bridgehead atoms. The minimum absolute atomic E-state index is 0.490. The summed E-state index contributed by atoms with van der Waals surface area (Å²) in [5.74, 6) is 4.05. The summed E-state index contributed by atoms with van der Waals surface area (Å²) in [4.78, 5) is 5.12. The van der Waals surface area contributed by atoms with Crippen molar-refractivity contribution in [1.29, 1.82) is 0 Å². The number of hydrogen-bond donors (Lipinski definition) is 0. The largest absolute Gasteiger partial charge is 0.440 e. The molecule has 4 aliphatic carbocycles. The Hall–Kier alpha value is -1.22. The van der Waals surface area contributed by atoms with E-state index in [4.69, 9.17) is 9.40 Å². The predicted molar refractivity (Wildman–Crippen MR) is 117 cm³/mol. The van der Waals surface area contributed by atoms with Crippen molar-refractivity contribution >= 4 is 22.9 Å². The van der Waals surface area contributed by atoms with Gasteiger partial charge in [-0.1, -0.05) is 45.3 Å². The van der Waals surface area contributed by atoms with Gasteiger partial charge in [0.25, 0.3) is 0 Å². The van der Waals surface area contributed by atoms with Crippen LogP contribution < -0.4 is 0 Å². The van der Waals surface area contributed by atoms with Gasteiger partial charge < -0.3 is 4.42 Å². The van der Waals surface area contributed by atoms with Crippen LogP contribution in [0.15, 0.2) is 28.0 Å². The Morgan fingerprint density at radius 2 is 2.07 bits per heavy atom. The van der Waals surface area contributed by atoms with Crippen LogP contribution >= 0.6 is 11.8 Å². The number of aromatic nitrogens is 1. The van der Waals surface area contributed by atoms with Crippen LogP contribution in [0.3, 0.4) is 0 Å². The molecule has 148 valence electrons. The van der Waals surface area contributed by atoms with Gasteiger partial charge in [0.15, 0.2) is 11.5 Å². The highest BCUT2D eigenvalue weighted by Crippen LogP contribution is 2.72. The Balaban J connectivity index is 1.40. The van der Waals surface area contributed by atoms with Crippen LogP contribution in [0, 0.1) is 17.3 Å². The summed E-state index contributed by atoms with van der Waals surface area (Å²) in [5.41, 5.74) is 5.47. The van der Waals surface area contributed by atoms with Crippen molar-refractivity contribution in [1.82, 2.24) is 4.98 Å². The monoisotopic (exact) mass is 393 g/mol. The van der Waals surface area contributed by atoms with Gasteiger partial charge in [-0.3, -0.25) is 0 Å². The lowest BCUT2D eigenvalue weighted by molar-refractivity contribution is 0.169. The number of nitrogens with zero attached hydrogens (tertiary/aromatic N) is 1. The molecule has 2 nitrogen and oxygen atoms in total. The van der Waals surface area contributed by atoms with Crippen molar-refractivity contribution in [2.75, 3.05) is 0 Å². The van der Waals surface area contributed by atoms with Gasteiger partial charge in [-0.25, -0.2) is 4.98 Å². The van der Waals surface area contributed by atoms with Gasteiger partial charge in [0.1, 0.15) is 5.52 Å². The van der Waals surface area contributed by atoms with E-state index >= 15 is 0 Å². The van der Waals surface area contributed by atoms with Crippen LogP contribution in [0.2, 0.25) is 0 Å². The predicted octanol–water partition coefficient (Wildman–Crippen LogP) is 7.72. The molecule has 5 aliphatic rings. The zero-order valence-corrected chi connectivity index (χ0v) is 17.9. The van der Waals surface area contributed by atoms with Gasteiger partial charge in [0.05, 0.1) is 0 Å². The molecule has 4 fully saturated rings. The molecule has 0 radical (unpaired) electrons. The molecular weight excluding hydrogens is 362 g/mol. The lowest BCUT2D eigenvalue weighted by Crippen LogP contribution is -2.24. The van der Waals surface area contributed by atoms with Gasteiger partial charge in [-0.2, -0.15) is 0 Å². The first-order chi connectivity index (χ1) is 13.6. The lowest BCUT2D eigenvalue weighted by atomic mass is 9.71. The Kier molecular flexibility index (Phi) is 4.02. The SMILES string of the molecule is CC(C)c1cc(C2CC=CS2)c2oc(C3CC34CC3CCCC4CC3)nc2c1. The van der Waals surface area contributed by atoms with Gasteiger partial charge in [0, 0.05) is 16.7 Å². The van der Waals surface area contributed by atoms with Crippen LogP contribution in [-0.2, 0) is 0 Å². The number of benzene rings is 1. The number of hydrogen-bond acceptors (Lipinski definition) is 3. The summed E-state index contributed by atoms with van der Waals surface area (Å²) in [6.07, 6.45) is 13.4. The van der Waals surface area contributed by atoms with E-state index in [0.29, 0.717) is 22.5 Å². The molecule has 0 amide bonds. The molecular formula is C25H31NOS. The number of allylic oxidation sites excluding steroid dienone is 1. The first-order valence-corrected chi connectivity index (χ1v) is 12.3. The summed E-state index contributed by atoms with van der Waals surface area (Å²) in [5, 5.41) is 2.73. The zero-order chi connectivity index (χ0) is 18.9. The van der Waals surface area contributed by atoms with Gasteiger partial charge in [-0.05, 0) is 72.3 Å². The highest BCUT2D eigenvalue weighted by Gasteiger charge is 2.63. The fourth-order valence-electron chi connectivity index (χ4n) is 6.60. The molecule has 0 N–H and O–H groups in total. The van der Waals surface area contributed by atoms with E-state index in [1.807, 2.05) is 11.8 Å². The Labute approximate surface area is 172 Å². The molecule has 1 aromatic carbocycles. The van der Waals surface area contributed by atoms with E-state index in [9.17, 15) is 0 Å². The number of oxazole rings is 1. The van der Waals surface area contributed by atoms with Gasteiger partial charge >= 0.3 is 0 Å². The second-order valence-corrected chi connectivity index (χ2v) is 11.3. The smallest absolute Gasteiger partial charge is 0.199 e. The van der Waals surface area contributed by atoms with Crippen molar-refractivity contribution in [2.24, 2.45) is 17.3 Å². The standard InChI is InChI=1S/C25H31NOS/c1-15(2)17-11-19(22-7-4-10-28-22)23-21(12-17)26-24(27-23)20-14-25(20)13-16-5-3-6-18(25)9-8-16/h4,10-12,15-16,18,20,22H,3,5-9,13-14H2,1-2H3. The molecule has 2 aromatic rings. The summed E-state index contributed by atoms with van der Waals surface area (Å²) in [6.45, 7) is 4.56. The molecule has 1 spiro atoms. The van der Waals surface area contributed by atoms with E-state index < -0.39 is 0 Å². The van der Waals surface area contributed by atoms with E-state index in [1.54, 1.807) is 0 Å². The first kappa shape index (κ1) is 17.6. The number of thioether (sulfide) groups is 1. The van der Waals surface area contributed by atoms with E-state index in [1.165, 1.54) is 56.1 Å². The summed E-state index contributed by atoms with van der Waals surface area (Å²) < 4.78 is 6.59. The third-order valence-corrected chi connectivity index (χ3v) is 9.37. The molecule has 0 saturated heterocycles. The van der Waals surface area contributed by atoms with Crippen LogP contribution in [-0.4, -0.2) is 4.98 Å². The average Bonchev–Trinajstić information content (AvgIpc) is 3.05. The van der Waals surface area contributed by atoms with Crippen LogP contribution in [0.5, 0.6) is 0 Å². The molecule has 2 heterocycles. The minimum atomic E-state index is 0.490. The summed E-state index contributed by atoms with van der Waals surface area (Å²) >= 11 is 1.93. The number of rotatable bonds is 3. The normalized spacial score (nSPS) is 36.7. The van der Waals surface area contributed by atoms with Crippen molar-refractivity contribution in [3.63, 3.8) is 0 Å². The van der Waals surface area contributed by atoms with E-state index in [-0.39, 0.29) is 0 Å². The first-order valence-electron chi connectivity index (χ1n) is 11.4. The van der Waals surface area contributed by atoms with Crippen molar-refractivity contribution in [2.45, 2.75) is 82.3 Å². The second-order valence-electron chi connectivity index (χ2n) is 10.2. The molecule has 7 rings (SSSR count). The Bertz CT molecular complexity index is 931. The fraction of sp³-hybridized carbons (Fsp3) is 0.640. The maximum Gasteiger partial charge on any atom is 0.199 e. The molecule has 3 heteroatoms. The van der Waals surface area contributed by atoms with Gasteiger partial charge in [-0.15, -0.1) is 11.8 Å². The zero-order valence-electron chi connectivity index (χ0n) is 17.1. The summed E-state index contributed by atoms with van der Waals surface area (Å²) in [7, 11) is 0. The molecule has 5 atom stereocenters. The molecule has 4 saturated carbocycles. The van der Waals surface area contributed by atoms with Crippen LogP contribution in [0.25, 0.3) is 11.1 Å². The second kappa shape index (κ2) is 6.39. The quantitative estimate of drug-likeness (QED) is 0.534. The van der Waals surface area contributed by atoms with E-state index in [0.717, 1.165) is 35.2 Å². The van der Waals surface area contributed by atoms with Crippen molar-refractivity contribution < 1.29 is 4.42 Å². The minimum Gasteiger partial charge on any atom is -0.440 e. The highest BCUT2D eigenvalue weighted by atomic mass is 32.2. The van der Waals surface area contributed by atoms with Crippen LogP contribution in [0.4, 0.5) is 0 Å². The topological polar surface area (TPSA) is 26.0 Å². The molecule has 1 aliphatic heterocycles. The van der Waals surface area contributed by atoms with Crippen molar-refractivity contribution in [3.8, 4) is 0 Å². The third kappa shape index (κ3) is 2.65. The fourth-order valence-corrected chi connectivity index (χ4v) is 7.55. The maximum atomic E-state index is 6.59. The third-order valence-electron chi connectivity index (χ3n) is 8.25. The average molecular weight is 394 g/mol. The summed E-state index contributed by atoms with van der Waals surface area (Å²) in [6, 6.07) is 4.68. The van der Waals surface area contributed by atoms with Crippen LogP contribution in [0.1, 0.15) is 99.3 Å². The molecule has 5 unspecified atom stereocenters. The van der Waals surface area contributed by atoms with E-state index in [2.05, 4.69) is 37.5 Å². The molecule has 1 aromatic heterocycles. The van der Waals surface area contributed by atoms with Crippen molar-refractivity contribution in [3.05, 3.63) is 40.6 Å².